The molecule has 1 unspecified atom stereocenters. The summed E-state index contributed by atoms with van der Waals surface area (Å²) in [6.45, 7) is 0. The quantitative estimate of drug-likeness (QED) is 0.0554. The largest absolute Gasteiger partial charge is 0.454 e. The van der Waals surface area contributed by atoms with Crippen LogP contribution in [-0.4, -0.2) is 15.9 Å². The van der Waals surface area contributed by atoms with E-state index < -0.39 is 6.23 Å². The number of ether oxygens (including phenoxy) is 1. The number of hydrogen-bond acceptors (Lipinski definition) is 6. The number of anilines is 1. The molecule has 1 heterocycles. The van der Waals surface area contributed by atoms with Gasteiger partial charge in [-0.05, 0) is 57.6 Å². The summed E-state index contributed by atoms with van der Waals surface area (Å²) in [5.74, 6) is 0.603. The Kier molecular flexibility index (Phi) is 10.6. The van der Waals surface area contributed by atoms with Gasteiger partial charge in [0.15, 0.2) is 12.1 Å². The first kappa shape index (κ1) is 37.6. The Balaban J connectivity index is 1.21. The third-order valence-corrected chi connectivity index (χ3v) is 10.6. The SMILES string of the molecule is N=C(OC(N)c1ccccc1)c1ccccc1-c1cccc(-c2ccccc2-c2nc(-c3cccc(-c4ccccc4N)c3)nc(-c3ccccc3)c2-c2ccccc2)c1. The molecular formula is C54H41N5O. The summed E-state index contributed by atoms with van der Waals surface area (Å²) in [4.78, 5) is 10.9. The van der Waals surface area contributed by atoms with Crippen molar-refractivity contribution in [3.63, 3.8) is 0 Å². The Bertz CT molecular complexity index is 2950. The lowest BCUT2D eigenvalue weighted by molar-refractivity contribution is 0.199. The first-order chi connectivity index (χ1) is 29.5. The van der Waals surface area contributed by atoms with Crippen LogP contribution in [0.5, 0.6) is 0 Å². The summed E-state index contributed by atoms with van der Waals surface area (Å²) in [6, 6.07) is 71.0. The fourth-order valence-electron chi connectivity index (χ4n) is 7.68. The monoisotopic (exact) mass is 775 g/mol. The first-order valence-electron chi connectivity index (χ1n) is 19.9. The minimum atomic E-state index is -0.777. The molecule has 0 aliphatic carbocycles. The van der Waals surface area contributed by atoms with Gasteiger partial charge in [-0.3, -0.25) is 11.1 Å². The van der Waals surface area contributed by atoms with Gasteiger partial charge in [0.1, 0.15) is 0 Å². The summed E-state index contributed by atoms with van der Waals surface area (Å²) in [5.41, 5.74) is 27.1. The number of nitrogens with two attached hydrogens (primary N) is 2. The van der Waals surface area contributed by atoms with E-state index in [0.717, 1.165) is 78.1 Å². The van der Waals surface area contributed by atoms with Crippen LogP contribution in [-0.2, 0) is 4.74 Å². The van der Waals surface area contributed by atoms with Gasteiger partial charge in [0.05, 0.1) is 11.4 Å². The van der Waals surface area contributed by atoms with E-state index >= 15 is 0 Å². The van der Waals surface area contributed by atoms with E-state index in [4.69, 9.17) is 31.6 Å². The van der Waals surface area contributed by atoms with Crippen LogP contribution in [0.1, 0.15) is 17.4 Å². The van der Waals surface area contributed by atoms with Gasteiger partial charge in [0, 0.05) is 44.6 Å². The second kappa shape index (κ2) is 16.9. The maximum absolute atomic E-state index is 9.00. The van der Waals surface area contributed by atoms with E-state index in [1.807, 2.05) is 109 Å². The molecule has 6 nitrogen and oxygen atoms in total. The summed E-state index contributed by atoms with van der Waals surface area (Å²) in [6.07, 6.45) is -0.777. The van der Waals surface area contributed by atoms with Crippen LogP contribution < -0.4 is 11.5 Å². The minimum Gasteiger partial charge on any atom is -0.454 e. The number of hydrogen-bond donors (Lipinski definition) is 3. The van der Waals surface area contributed by atoms with Crippen molar-refractivity contribution in [2.75, 3.05) is 5.73 Å². The molecule has 6 heteroatoms. The van der Waals surface area contributed by atoms with E-state index in [2.05, 4.69) is 103 Å². The third kappa shape index (κ3) is 7.71. The van der Waals surface area contributed by atoms with Crippen LogP contribution >= 0.6 is 0 Å². The van der Waals surface area contributed by atoms with Gasteiger partial charge in [-0.2, -0.15) is 0 Å². The first-order valence-corrected chi connectivity index (χ1v) is 19.9. The van der Waals surface area contributed by atoms with Crippen molar-refractivity contribution < 1.29 is 4.74 Å². The highest BCUT2D eigenvalue weighted by atomic mass is 16.5. The molecule has 0 amide bonds. The molecule has 0 aliphatic rings. The molecule has 0 saturated carbocycles. The maximum atomic E-state index is 9.00. The summed E-state index contributed by atoms with van der Waals surface area (Å²) in [7, 11) is 0. The summed E-state index contributed by atoms with van der Waals surface area (Å²) >= 11 is 0. The smallest absolute Gasteiger partial charge is 0.215 e. The Morgan fingerprint density at radius 1 is 0.433 bits per heavy atom. The average Bonchev–Trinajstić information content (AvgIpc) is 3.32. The molecular weight excluding hydrogens is 735 g/mol. The maximum Gasteiger partial charge on any atom is 0.215 e. The van der Waals surface area contributed by atoms with Crippen molar-refractivity contribution >= 4 is 11.6 Å². The Morgan fingerprint density at radius 3 is 1.58 bits per heavy atom. The van der Waals surface area contributed by atoms with Crippen LogP contribution in [0.2, 0.25) is 0 Å². The zero-order chi connectivity index (χ0) is 40.8. The van der Waals surface area contributed by atoms with Gasteiger partial charge >= 0.3 is 0 Å². The van der Waals surface area contributed by atoms with E-state index in [-0.39, 0.29) is 5.90 Å². The number of nitrogens with zero attached hydrogens (tertiary/aromatic N) is 2. The van der Waals surface area contributed by atoms with Crippen LogP contribution in [0, 0.1) is 5.41 Å². The minimum absolute atomic E-state index is 0.00114. The van der Waals surface area contributed by atoms with Crippen molar-refractivity contribution in [2.24, 2.45) is 5.73 Å². The summed E-state index contributed by atoms with van der Waals surface area (Å²) < 4.78 is 6.01. The van der Waals surface area contributed by atoms with Gasteiger partial charge in [0.2, 0.25) is 5.90 Å². The lowest BCUT2D eigenvalue weighted by Gasteiger charge is -2.20. The fraction of sp³-hybridized carbons (Fsp3) is 0.0185. The Hall–Kier alpha value is -7.93. The molecule has 1 aromatic heterocycles. The zero-order valence-electron chi connectivity index (χ0n) is 32.7. The van der Waals surface area contributed by atoms with Crippen molar-refractivity contribution in [3.8, 4) is 78.4 Å². The van der Waals surface area contributed by atoms with Gasteiger partial charge < -0.3 is 10.5 Å². The van der Waals surface area contributed by atoms with Crippen LogP contribution in [0.15, 0.2) is 212 Å². The molecule has 0 saturated heterocycles. The highest BCUT2D eigenvalue weighted by Crippen LogP contribution is 2.43. The average molecular weight is 776 g/mol. The fourth-order valence-corrected chi connectivity index (χ4v) is 7.68. The van der Waals surface area contributed by atoms with Crippen molar-refractivity contribution in [1.82, 2.24) is 9.97 Å². The lowest BCUT2D eigenvalue weighted by Crippen LogP contribution is -2.19. The number of nitrogens with one attached hydrogen (secondary N) is 1. The highest BCUT2D eigenvalue weighted by Gasteiger charge is 2.23. The summed E-state index contributed by atoms with van der Waals surface area (Å²) in [5, 5.41) is 9.00. The van der Waals surface area contributed by atoms with Crippen molar-refractivity contribution in [1.29, 1.82) is 5.41 Å². The predicted octanol–water partition coefficient (Wildman–Crippen LogP) is 12.7. The molecule has 60 heavy (non-hydrogen) atoms. The van der Waals surface area contributed by atoms with Gasteiger partial charge in [-0.15, -0.1) is 0 Å². The third-order valence-electron chi connectivity index (χ3n) is 10.6. The van der Waals surface area contributed by atoms with Crippen molar-refractivity contribution in [2.45, 2.75) is 6.23 Å². The molecule has 0 radical (unpaired) electrons. The zero-order valence-corrected chi connectivity index (χ0v) is 32.7. The lowest BCUT2D eigenvalue weighted by atomic mass is 9.89. The molecule has 0 spiro atoms. The topological polar surface area (TPSA) is 111 Å². The number of aromatic nitrogens is 2. The molecule has 0 fully saturated rings. The number of nitrogen functional groups attached to an aromatic ring is 1. The second-order valence-corrected chi connectivity index (χ2v) is 14.5. The molecule has 8 aromatic carbocycles. The standard InChI is InChI=1S/C54H41N5O/c55-48-33-15-14-30-45(48)41-26-17-27-42(35-41)54-58-50(37-20-6-2-7-21-37)49(36-18-4-1-5-19-36)51(59-54)46-31-12-10-28-43(46)39-24-16-25-40(34-39)44-29-11-13-32-47(44)53(57)60-52(56)38-22-8-3-9-23-38/h1-35,52,57H,55-56H2. The molecule has 0 aliphatic heterocycles. The van der Waals surface area contributed by atoms with E-state index in [1.165, 1.54) is 0 Å². The molecule has 288 valence electrons. The van der Waals surface area contributed by atoms with E-state index in [9.17, 15) is 0 Å². The van der Waals surface area contributed by atoms with Crippen LogP contribution in [0.25, 0.3) is 78.4 Å². The predicted molar refractivity (Wildman–Crippen MR) is 246 cm³/mol. The number of benzene rings is 8. The molecule has 0 bridgehead atoms. The van der Waals surface area contributed by atoms with Crippen molar-refractivity contribution in [3.05, 3.63) is 223 Å². The van der Waals surface area contributed by atoms with Gasteiger partial charge in [0.25, 0.3) is 0 Å². The Morgan fingerprint density at radius 2 is 0.900 bits per heavy atom. The Labute approximate surface area is 350 Å². The molecule has 9 rings (SSSR count). The van der Waals surface area contributed by atoms with E-state index in [0.29, 0.717) is 17.1 Å². The van der Waals surface area contributed by atoms with E-state index in [1.54, 1.807) is 0 Å². The normalized spacial score (nSPS) is 11.5. The molecule has 5 N–H and O–H groups in total. The van der Waals surface area contributed by atoms with Crippen LogP contribution in [0.3, 0.4) is 0 Å². The molecule has 1 atom stereocenters. The van der Waals surface area contributed by atoms with Crippen LogP contribution in [0.4, 0.5) is 5.69 Å². The number of rotatable bonds is 10. The van der Waals surface area contributed by atoms with Gasteiger partial charge in [-0.1, -0.05) is 188 Å². The second-order valence-electron chi connectivity index (χ2n) is 14.5. The number of para-hydroxylation sites is 1. The highest BCUT2D eigenvalue weighted by molar-refractivity contribution is 6.00. The van der Waals surface area contributed by atoms with Gasteiger partial charge in [-0.25, -0.2) is 9.97 Å². The molecule has 9 aromatic rings.